The number of hydrogen-bond acceptors (Lipinski definition) is 1. The molecule has 1 N–H and O–H groups in total. The maximum atomic E-state index is 3.73. The first kappa shape index (κ1) is 14.6. The number of fused-ring (bicyclic) bond motifs is 1. The second-order valence-corrected chi connectivity index (χ2v) is 6.20. The van der Waals surface area contributed by atoms with Crippen LogP contribution >= 0.6 is 0 Å². The van der Waals surface area contributed by atoms with Gasteiger partial charge in [0, 0.05) is 25.0 Å². The highest BCUT2D eigenvalue weighted by molar-refractivity contribution is 5.29. The zero-order valence-corrected chi connectivity index (χ0v) is 12.9. The molecule has 0 radical (unpaired) electrons. The monoisotopic (exact) mass is 262 g/mol. The third kappa shape index (κ3) is 3.85. The van der Waals surface area contributed by atoms with Crippen molar-refractivity contribution in [3.63, 3.8) is 0 Å². The predicted octanol–water partition coefficient (Wildman–Crippen LogP) is 4.30. The van der Waals surface area contributed by atoms with Crippen molar-refractivity contribution in [1.29, 1.82) is 0 Å². The maximum Gasteiger partial charge on any atom is 0.0338 e. The van der Waals surface area contributed by atoms with Crippen LogP contribution in [-0.2, 0) is 13.0 Å². The summed E-state index contributed by atoms with van der Waals surface area (Å²) >= 11 is 0. The normalized spacial score (nSPS) is 20.9. The molecule has 2 atom stereocenters. The zero-order chi connectivity index (χ0) is 13.7. The van der Waals surface area contributed by atoms with Crippen molar-refractivity contribution in [1.82, 2.24) is 9.88 Å². The summed E-state index contributed by atoms with van der Waals surface area (Å²) in [6.45, 7) is 9.19. The van der Waals surface area contributed by atoms with Gasteiger partial charge >= 0.3 is 0 Å². The Morgan fingerprint density at radius 2 is 2.16 bits per heavy atom. The number of nitrogens with zero attached hydrogens (tertiary/aromatic N) is 1. The Labute approximate surface area is 118 Å². The molecule has 1 aromatic rings. The molecule has 108 valence electrons. The number of rotatable bonds is 6. The van der Waals surface area contributed by atoms with Gasteiger partial charge < -0.3 is 9.88 Å². The molecule has 0 bridgehead atoms. The minimum Gasteiger partial charge on any atom is -0.353 e. The summed E-state index contributed by atoms with van der Waals surface area (Å²) in [5.41, 5.74) is 3.17. The van der Waals surface area contributed by atoms with Crippen molar-refractivity contribution in [2.24, 2.45) is 5.92 Å². The van der Waals surface area contributed by atoms with E-state index < -0.39 is 0 Å². The SMILES string of the molecule is CCCNC1CCCCc2cn(CC(C)CC)cc21. The molecule has 19 heavy (non-hydrogen) atoms. The lowest BCUT2D eigenvalue weighted by Crippen LogP contribution is -2.21. The first-order chi connectivity index (χ1) is 9.24. The van der Waals surface area contributed by atoms with E-state index >= 15 is 0 Å². The molecule has 2 unspecified atom stereocenters. The van der Waals surface area contributed by atoms with E-state index in [1.165, 1.54) is 45.1 Å². The molecule has 2 rings (SSSR count). The van der Waals surface area contributed by atoms with Crippen LogP contribution in [0.5, 0.6) is 0 Å². The molecular weight excluding hydrogens is 232 g/mol. The number of aromatic nitrogens is 1. The fourth-order valence-electron chi connectivity index (χ4n) is 3.04. The molecule has 1 aliphatic carbocycles. The topological polar surface area (TPSA) is 17.0 Å². The van der Waals surface area contributed by atoms with Crippen LogP contribution in [0, 0.1) is 5.92 Å². The van der Waals surface area contributed by atoms with Gasteiger partial charge in [0.05, 0.1) is 0 Å². The highest BCUT2D eigenvalue weighted by atomic mass is 15.0. The van der Waals surface area contributed by atoms with Crippen molar-refractivity contribution in [2.45, 2.75) is 71.9 Å². The molecule has 2 nitrogen and oxygen atoms in total. The Morgan fingerprint density at radius 1 is 1.32 bits per heavy atom. The fraction of sp³-hybridized carbons (Fsp3) is 0.765. The lowest BCUT2D eigenvalue weighted by atomic mass is 10.0. The third-order valence-electron chi connectivity index (χ3n) is 4.42. The molecule has 0 aromatic carbocycles. The van der Waals surface area contributed by atoms with Crippen LogP contribution < -0.4 is 5.32 Å². The number of nitrogens with one attached hydrogen (secondary N) is 1. The summed E-state index contributed by atoms with van der Waals surface area (Å²) in [5.74, 6) is 0.776. The molecule has 0 fully saturated rings. The van der Waals surface area contributed by atoms with Crippen molar-refractivity contribution in [3.05, 3.63) is 23.5 Å². The molecule has 1 aliphatic rings. The standard InChI is InChI=1S/C17H30N2/c1-4-10-18-17-9-7-6-8-15-12-19(13-16(15)17)11-14(3)5-2/h12-14,17-18H,4-11H2,1-3H3. The van der Waals surface area contributed by atoms with E-state index in [1.54, 1.807) is 11.1 Å². The lowest BCUT2D eigenvalue weighted by molar-refractivity contribution is 0.461. The van der Waals surface area contributed by atoms with Gasteiger partial charge in [-0.15, -0.1) is 0 Å². The summed E-state index contributed by atoms with van der Waals surface area (Å²) < 4.78 is 2.44. The van der Waals surface area contributed by atoms with Gasteiger partial charge in [0.15, 0.2) is 0 Å². The molecule has 1 aromatic heterocycles. The largest absolute Gasteiger partial charge is 0.353 e. The molecule has 0 amide bonds. The smallest absolute Gasteiger partial charge is 0.0338 e. The molecule has 2 heteroatoms. The van der Waals surface area contributed by atoms with Gasteiger partial charge in [-0.05, 0) is 49.3 Å². The highest BCUT2D eigenvalue weighted by Gasteiger charge is 2.20. The fourth-order valence-corrected chi connectivity index (χ4v) is 3.04. The maximum absolute atomic E-state index is 3.73. The molecule has 0 aliphatic heterocycles. The van der Waals surface area contributed by atoms with E-state index in [0.29, 0.717) is 6.04 Å². The number of aryl methyl sites for hydroxylation is 1. The Kier molecular flexibility index (Phi) is 5.50. The van der Waals surface area contributed by atoms with Gasteiger partial charge in [0.25, 0.3) is 0 Å². The van der Waals surface area contributed by atoms with Crippen LogP contribution in [0.15, 0.2) is 12.4 Å². The van der Waals surface area contributed by atoms with Gasteiger partial charge in [-0.2, -0.15) is 0 Å². The minimum absolute atomic E-state index is 0.593. The van der Waals surface area contributed by atoms with Crippen LogP contribution in [0.2, 0.25) is 0 Å². The Morgan fingerprint density at radius 3 is 2.89 bits per heavy atom. The average molecular weight is 262 g/mol. The molecular formula is C17H30N2. The molecule has 0 spiro atoms. The van der Waals surface area contributed by atoms with Crippen molar-refractivity contribution in [3.8, 4) is 0 Å². The van der Waals surface area contributed by atoms with Crippen LogP contribution in [-0.4, -0.2) is 11.1 Å². The summed E-state index contributed by atoms with van der Waals surface area (Å²) in [7, 11) is 0. The van der Waals surface area contributed by atoms with E-state index in [9.17, 15) is 0 Å². The molecule has 1 heterocycles. The second-order valence-electron chi connectivity index (χ2n) is 6.20. The van der Waals surface area contributed by atoms with E-state index in [0.717, 1.165) is 12.5 Å². The Bertz CT molecular complexity index is 381. The quantitative estimate of drug-likeness (QED) is 0.756. The number of hydrogen-bond donors (Lipinski definition) is 1. The second kappa shape index (κ2) is 7.14. The van der Waals surface area contributed by atoms with Crippen LogP contribution in [0.25, 0.3) is 0 Å². The van der Waals surface area contributed by atoms with Crippen LogP contribution in [0.3, 0.4) is 0 Å². The summed E-state index contributed by atoms with van der Waals surface area (Å²) in [5, 5.41) is 3.73. The van der Waals surface area contributed by atoms with Gasteiger partial charge in [0.2, 0.25) is 0 Å². The first-order valence-corrected chi connectivity index (χ1v) is 8.16. The van der Waals surface area contributed by atoms with Crippen LogP contribution in [0.1, 0.15) is 70.0 Å². The van der Waals surface area contributed by atoms with E-state index in [4.69, 9.17) is 0 Å². The minimum atomic E-state index is 0.593. The Hall–Kier alpha value is -0.760. The van der Waals surface area contributed by atoms with Crippen molar-refractivity contribution >= 4 is 0 Å². The van der Waals surface area contributed by atoms with Gasteiger partial charge in [0.1, 0.15) is 0 Å². The Balaban J connectivity index is 2.12. The van der Waals surface area contributed by atoms with Crippen molar-refractivity contribution in [2.75, 3.05) is 6.54 Å². The average Bonchev–Trinajstić information content (AvgIpc) is 2.71. The lowest BCUT2D eigenvalue weighted by Gasteiger charge is -2.17. The summed E-state index contributed by atoms with van der Waals surface area (Å²) in [6.07, 6.45) is 12.6. The molecule has 0 saturated heterocycles. The van der Waals surface area contributed by atoms with Gasteiger partial charge in [-0.1, -0.05) is 33.6 Å². The zero-order valence-electron chi connectivity index (χ0n) is 12.9. The van der Waals surface area contributed by atoms with E-state index in [1.807, 2.05) is 0 Å². The van der Waals surface area contributed by atoms with Crippen molar-refractivity contribution < 1.29 is 0 Å². The first-order valence-electron chi connectivity index (χ1n) is 8.16. The summed E-state index contributed by atoms with van der Waals surface area (Å²) in [6, 6.07) is 0.593. The van der Waals surface area contributed by atoms with E-state index in [-0.39, 0.29) is 0 Å². The molecule has 0 saturated carbocycles. The van der Waals surface area contributed by atoms with Gasteiger partial charge in [-0.25, -0.2) is 0 Å². The van der Waals surface area contributed by atoms with Gasteiger partial charge in [-0.3, -0.25) is 0 Å². The predicted molar refractivity (Wildman–Crippen MR) is 82.5 cm³/mol. The van der Waals surface area contributed by atoms with Crippen LogP contribution in [0.4, 0.5) is 0 Å². The third-order valence-corrected chi connectivity index (χ3v) is 4.42. The summed E-state index contributed by atoms with van der Waals surface area (Å²) in [4.78, 5) is 0. The van der Waals surface area contributed by atoms with E-state index in [2.05, 4.69) is 43.0 Å². The highest BCUT2D eigenvalue weighted by Crippen LogP contribution is 2.29.